The molecule has 0 unspecified atom stereocenters. The first-order chi connectivity index (χ1) is 8.96. The molecule has 0 saturated carbocycles. The van der Waals surface area contributed by atoms with E-state index in [9.17, 15) is 8.42 Å². The molecule has 4 N–H and O–H groups in total. The number of primary sulfonamides is 1. The second kappa shape index (κ2) is 7.29. The zero-order chi connectivity index (χ0) is 14.3. The quantitative estimate of drug-likeness (QED) is 0.513. The minimum Gasteiger partial charge on any atom is -0.489 e. The van der Waals surface area contributed by atoms with Crippen molar-refractivity contribution in [1.29, 1.82) is 0 Å². The van der Waals surface area contributed by atoms with Crippen molar-refractivity contribution in [2.75, 3.05) is 39.3 Å². The van der Waals surface area contributed by atoms with Crippen molar-refractivity contribution in [2.24, 2.45) is 5.14 Å². The van der Waals surface area contributed by atoms with E-state index in [-0.39, 0.29) is 22.9 Å². The first-order valence-corrected chi connectivity index (χ1v) is 7.12. The van der Waals surface area contributed by atoms with Crippen LogP contribution in [0.4, 0.5) is 5.69 Å². The van der Waals surface area contributed by atoms with Gasteiger partial charge in [0.2, 0.25) is 10.0 Å². The number of anilines is 1. The van der Waals surface area contributed by atoms with Gasteiger partial charge in [-0.25, -0.2) is 13.6 Å². The molecule has 0 spiro atoms. The van der Waals surface area contributed by atoms with Crippen LogP contribution in [0.3, 0.4) is 0 Å². The third kappa shape index (κ3) is 5.03. The number of methoxy groups -OCH3 is 1. The van der Waals surface area contributed by atoms with E-state index in [1.165, 1.54) is 12.1 Å². The lowest BCUT2D eigenvalue weighted by molar-refractivity contribution is 0.0545. The summed E-state index contributed by atoms with van der Waals surface area (Å²) in [7, 11) is -2.27. The number of benzene rings is 1. The molecule has 0 aliphatic carbocycles. The second-order valence-corrected chi connectivity index (χ2v) is 5.20. The standard InChI is InChI=1S/C11H18N2O5S/c1-16-5-6-17-7-8-18-9-3-2-4-10(11(9)12)19(13,14)15/h2-4H,5-8,12H2,1H3,(H2,13,14,15). The van der Waals surface area contributed by atoms with Crippen molar-refractivity contribution in [3.63, 3.8) is 0 Å². The van der Waals surface area contributed by atoms with Gasteiger partial charge in [0.15, 0.2) is 0 Å². The van der Waals surface area contributed by atoms with Gasteiger partial charge in [0.1, 0.15) is 17.3 Å². The van der Waals surface area contributed by atoms with Crippen molar-refractivity contribution in [1.82, 2.24) is 0 Å². The van der Waals surface area contributed by atoms with Gasteiger partial charge in [0.05, 0.1) is 25.5 Å². The van der Waals surface area contributed by atoms with Crippen LogP contribution in [0.5, 0.6) is 5.75 Å². The van der Waals surface area contributed by atoms with Crippen molar-refractivity contribution in [2.45, 2.75) is 4.90 Å². The van der Waals surface area contributed by atoms with E-state index in [1.807, 2.05) is 0 Å². The molecule has 0 aromatic heterocycles. The van der Waals surface area contributed by atoms with E-state index in [1.54, 1.807) is 13.2 Å². The molecular formula is C11H18N2O5S. The summed E-state index contributed by atoms with van der Waals surface area (Å²) < 4.78 is 37.9. The van der Waals surface area contributed by atoms with Gasteiger partial charge in [-0.15, -0.1) is 0 Å². The average molecular weight is 290 g/mol. The summed E-state index contributed by atoms with van der Waals surface area (Å²) in [6.45, 7) is 1.57. The van der Waals surface area contributed by atoms with E-state index < -0.39 is 10.0 Å². The van der Waals surface area contributed by atoms with Crippen molar-refractivity contribution >= 4 is 15.7 Å². The Kier molecular flexibility index (Phi) is 6.03. The SMILES string of the molecule is COCCOCCOc1cccc(S(N)(=O)=O)c1N. The van der Waals surface area contributed by atoms with E-state index >= 15 is 0 Å². The van der Waals surface area contributed by atoms with Crippen LogP contribution < -0.4 is 15.6 Å². The Labute approximate surface area is 112 Å². The number of hydrogen-bond acceptors (Lipinski definition) is 6. The smallest absolute Gasteiger partial charge is 0.240 e. The number of hydrogen-bond donors (Lipinski definition) is 2. The van der Waals surface area contributed by atoms with Gasteiger partial charge in [-0.05, 0) is 12.1 Å². The Hall–Kier alpha value is -1.35. The summed E-state index contributed by atoms with van der Waals surface area (Å²) in [5.41, 5.74) is 5.69. The van der Waals surface area contributed by atoms with Crippen molar-refractivity contribution in [3.05, 3.63) is 18.2 Å². The molecule has 0 radical (unpaired) electrons. The zero-order valence-corrected chi connectivity index (χ0v) is 11.5. The number of ether oxygens (including phenoxy) is 3. The number of para-hydroxylation sites is 1. The summed E-state index contributed by atoms with van der Waals surface area (Å²) in [4.78, 5) is -0.148. The van der Waals surface area contributed by atoms with Gasteiger partial charge in [-0.3, -0.25) is 0 Å². The second-order valence-electron chi connectivity index (χ2n) is 3.67. The first-order valence-electron chi connectivity index (χ1n) is 5.57. The zero-order valence-electron chi connectivity index (χ0n) is 10.7. The van der Waals surface area contributed by atoms with E-state index in [2.05, 4.69) is 0 Å². The molecule has 0 aliphatic heterocycles. The Balaban J connectivity index is 2.56. The number of nitrogen functional groups attached to an aromatic ring is 1. The molecule has 0 saturated heterocycles. The Morgan fingerprint density at radius 2 is 1.84 bits per heavy atom. The molecule has 8 heteroatoms. The number of rotatable bonds is 8. The van der Waals surface area contributed by atoms with E-state index in [0.717, 1.165) is 0 Å². The average Bonchev–Trinajstić information content (AvgIpc) is 2.34. The molecule has 108 valence electrons. The van der Waals surface area contributed by atoms with Gasteiger partial charge in [-0.2, -0.15) is 0 Å². The van der Waals surface area contributed by atoms with Crippen LogP contribution in [0.2, 0.25) is 0 Å². The van der Waals surface area contributed by atoms with Gasteiger partial charge in [0.25, 0.3) is 0 Å². The topological polar surface area (TPSA) is 114 Å². The fourth-order valence-corrected chi connectivity index (χ4v) is 2.03. The predicted octanol–water partition coefficient (Wildman–Crippen LogP) is -0.0420. The molecule has 0 heterocycles. The van der Waals surface area contributed by atoms with Crippen LogP contribution in [-0.2, 0) is 19.5 Å². The summed E-state index contributed by atoms with van der Waals surface area (Å²) in [5.74, 6) is 0.266. The maximum absolute atomic E-state index is 11.3. The highest BCUT2D eigenvalue weighted by molar-refractivity contribution is 7.89. The molecule has 0 aliphatic rings. The molecular weight excluding hydrogens is 272 g/mol. The number of sulfonamides is 1. The largest absolute Gasteiger partial charge is 0.489 e. The fraction of sp³-hybridized carbons (Fsp3) is 0.455. The molecule has 0 atom stereocenters. The van der Waals surface area contributed by atoms with Crippen LogP contribution >= 0.6 is 0 Å². The molecule has 1 aromatic rings. The van der Waals surface area contributed by atoms with Crippen molar-refractivity contribution in [3.8, 4) is 5.75 Å². The highest BCUT2D eigenvalue weighted by Crippen LogP contribution is 2.27. The van der Waals surface area contributed by atoms with Crippen LogP contribution in [0.1, 0.15) is 0 Å². The maximum atomic E-state index is 11.3. The normalized spacial score (nSPS) is 11.5. The minimum absolute atomic E-state index is 0.00175. The van der Waals surface area contributed by atoms with E-state index in [0.29, 0.717) is 19.8 Å². The van der Waals surface area contributed by atoms with Crippen LogP contribution in [0, 0.1) is 0 Å². The first kappa shape index (κ1) is 15.7. The summed E-state index contributed by atoms with van der Waals surface area (Å²) in [5, 5.41) is 5.03. The monoisotopic (exact) mass is 290 g/mol. The predicted molar refractivity (Wildman–Crippen MR) is 70.4 cm³/mol. The Morgan fingerprint density at radius 1 is 1.16 bits per heavy atom. The molecule has 19 heavy (non-hydrogen) atoms. The molecule has 0 amide bonds. The fourth-order valence-electron chi connectivity index (χ4n) is 1.35. The minimum atomic E-state index is -3.85. The van der Waals surface area contributed by atoms with Crippen LogP contribution in [0.25, 0.3) is 0 Å². The molecule has 0 fully saturated rings. The summed E-state index contributed by atoms with van der Waals surface area (Å²) >= 11 is 0. The molecule has 1 rings (SSSR count). The van der Waals surface area contributed by atoms with Gasteiger partial charge in [0, 0.05) is 7.11 Å². The Bertz CT molecular complexity index is 504. The van der Waals surface area contributed by atoms with Gasteiger partial charge in [-0.1, -0.05) is 6.07 Å². The lowest BCUT2D eigenvalue weighted by Gasteiger charge is -2.11. The van der Waals surface area contributed by atoms with E-state index in [4.69, 9.17) is 25.1 Å². The lowest BCUT2D eigenvalue weighted by atomic mass is 10.3. The van der Waals surface area contributed by atoms with Crippen LogP contribution in [0.15, 0.2) is 23.1 Å². The molecule has 1 aromatic carbocycles. The third-order valence-corrected chi connectivity index (χ3v) is 3.22. The molecule has 0 bridgehead atoms. The number of nitrogens with two attached hydrogens (primary N) is 2. The molecule has 7 nitrogen and oxygen atoms in total. The van der Waals surface area contributed by atoms with Gasteiger partial charge >= 0.3 is 0 Å². The third-order valence-electron chi connectivity index (χ3n) is 2.25. The van der Waals surface area contributed by atoms with Crippen molar-refractivity contribution < 1.29 is 22.6 Å². The maximum Gasteiger partial charge on any atom is 0.240 e. The summed E-state index contributed by atoms with van der Waals surface area (Å²) in [6, 6.07) is 4.41. The lowest BCUT2D eigenvalue weighted by Crippen LogP contribution is -2.15. The van der Waals surface area contributed by atoms with Crippen LogP contribution in [-0.4, -0.2) is 42.0 Å². The highest BCUT2D eigenvalue weighted by atomic mass is 32.2. The highest BCUT2D eigenvalue weighted by Gasteiger charge is 2.15. The van der Waals surface area contributed by atoms with Gasteiger partial charge < -0.3 is 19.9 Å². The Morgan fingerprint density at radius 3 is 2.47 bits per heavy atom. The summed E-state index contributed by atoms with van der Waals surface area (Å²) in [6.07, 6.45) is 0.